The average molecular weight is 1040 g/mol. The molecule has 6 rings (SSSR count). The molecule has 0 radical (unpaired) electrons. The number of aryl methyl sites for hydroxylation is 5. The summed E-state index contributed by atoms with van der Waals surface area (Å²) in [6, 6.07) is 34.8. The highest BCUT2D eigenvalue weighted by atomic mass is 16.5. The third kappa shape index (κ3) is 15.6. The molecule has 6 aromatic rings. The number of carbonyl (C=O) groups is 1. The van der Waals surface area contributed by atoms with Crippen molar-refractivity contribution >= 4 is 12.6 Å². The SMILES string of the molecule is CCC(CC)(c1ccc(OCC(O)C(C)(C)C)c(C)c1)c1ccc(-c2ccc(COC=O)cn2)c(C)c1.CCCc1ccc(-c2ccc(C(CC)(CC)c3ccc(OCC(O)C(C)(C)C)c(C)c3)cc2C)nc1.O=C=O. The molecule has 0 amide bonds. The van der Waals surface area contributed by atoms with E-state index < -0.39 is 12.2 Å². The molecule has 0 fully saturated rings. The summed E-state index contributed by atoms with van der Waals surface area (Å²) in [5, 5.41) is 20.8. The van der Waals surface area contributed by atoms with E-state index in [4.69, 9.17) is 28.8 Å². The maximum Gasteiger partial charge on any atom is 0.373 e. The van der Waals surface area contributed by atoms with Gasteiger partial charge in [0.2, 0.25) is 0 Å². The van der Waals surface area contributed by atoms with Crippen LogP contribution in [0.4, 0.5) is 0 Å². The maximum atomic E-state index is 10.4. The molecule has 408 valence electrons. The Labute approximate surface area is 454 Å². The first-order chi connectivity index (χ1) is 36.0. The van der Waals surface area contributed by atoms with Crippen molar-refractivity contribution in [3.63, 3.8) is 0 Å². The smallest absolute Gasteiger partial charge is 0.373 e. The van der Waals surface area contributed by atoms with Gasteiger partial charge < -0.3 is 24.4 Å². The highest BCUT2D eigenvalue weighted by Crippen LogP contribution is 2.43. The van der Waals surface area contributed by atoms with Gasteiger partial charge in [0.25, 0.3) is 6.47 Å². The van der Waals surface area contributed by atoms with Crippen LogP contribution in [0, 0.1) is 38.5 Å². The molecule has 2 unspecified atom stereocenters. The van der Waals surface area contributed by atoms with E-state index >= 15 is 0 Å². The van der Waals surface area contributed by atoms with E-state index in [1.54, 1.807) is 6.20 Å². The second-order valence-corrected chi connectivity index (χ2v) is 22.3. The van der Waals surface area contributed by atoms with E-state index in [0.717, 1.165) is 83.7 Å². The minimum atomic E-state index is -0.534. The Kier molecular flexibility index (Phi) is 22.9. The van der Waals surface area contributed by atoms with Crippen molar-refractivity contribution in [2.45, 2.75) is 172 Å². The Morgan fingerprint density at radius 3 is 1.17 bits per heavy atom. The van der Waals surface area contributed by atoms with Crippen molar-refractivity contribution in [3.8, 4) is 34.0 Å². The van der Waals surface area contributed by atoms with Gasteiger partial charge in [-0.1, -0.05) is 155 Å². The van der Waals surface area contributed by atoms with Crippen LogP contribution >= 0.6 is 0 Å². The van der Waals surface area contributed by atoms with Gasteiger partial charge in [-0.05, 0) is 145 Å². The van der Waals surface area contributed by atoms with Crippen LogP contribution in [0.25, 0.3) is 22.5 Å². The van der Waals surface area contributed by atoms with Gasteiger partial charge in [0.1, 0.15) is 31.3 Å². The number of benzene rings is 4. The summed E-state index contributed by atoms with van der Waals surface area (Å²) in [5.74, 6) is 1.65. The number of aliphatic hydroxyl groups excluding tert-OH is 2. The topological polar surface area (TPSA) is 145 Å². The number of hydrogen-bond acceptors (Lipinski definition) is 10. The molecule has 4 aromatic carbocycles. The van der Waals surface area contributed by atoms with Gasteiger partial charge in [0.05, 0.1) is 23.6 Å². The number of ether oxygens (including phenoxy) is 3. The van der Waals surface area contributed by atoms with Crippen molar-refractivity contribution in [1.82, 2.24) is 9.97 Å². The van der Waals surface area contributed by atoms with E-state index in [1.165, 1.54) is 44.5 Å². The van der Waals surface area contributed by atoms with Crippen LogP contribution in [0.1, 0.15) is 164 Å². The first-order valence-electron chi connectivity index (χ1n) is 27.0. The predicted octanol–water partition coefficient (Wildman–Crippen LogP) is 14.6. The number of aliphatic hydroxyl groups is 2. The molecule has 2 heterocycles. The van der Waals surface area contributed by atoms with Crippen molar-refractivity contribution in [2.75, 3.05) is 13.2 Å². The van der Waals surface area contributed by atoms with Crippen molar-refractivity contribution in [3.05, 3.63) is 165 Å². The fourth-order valence-corrected chi connectivity index (χ4v) is 9.84. The summed E-state index contributed by atoms with van der Waals surface area (Å²) >= 11 is 0. The number of rotatable bonds is 21. The quantitative estimate of drug-likeness (QED) is 0.0668. The molecule has 2 N–H and O–H groups in total. The number of carbonyl (C=O) groups excluding carboxylic acids is 3. The molecular formula is C66H86N2O8. The Bertz CT molecular complexity index is 2810. The molecule has 0 aliphatic carbocycles. The zero-order chi connectivity index (χ0) is 56.4. The first-order valence-corrected chi connectivity index (χ1v) is 27.0. The highest BCUT2D eigenvalue weighted by Gasteiger charge is 2.34. The van der Waals surface area contributed by atoms with Gasteiger partial charge >= 0.3 is 6.15 Å². The molecule has 76 heavy (non-hydrogen) atoms. The van der Waals surface area contributed by atoms with Crippen LogP contribution < -0.4 is 9.47 Å². The zero-order valence-corrected chi connectivity index (χ0v) is 48.2. The van der Waals surface area contributed by atoms with Crippen LogP contribution in [0.2, 0.25) is 0 Å². The molecule has 0 saturated carbocycles. The standard InChI is InChI=1S/C33H45NO2.C32H41NO4.CO2/c1-9-12-25-13-17-29(34-21-25)28-16-14-26(19-23(28)4)33(10-2,11-3)27-15-18-30(24(5)20-27)36-22-31(35)32(6,7)8;1-8-32(9-2,26-12-15-29(23(4)17-26)37-20-30(35)31(5,6)7)25-11-13-27(22(3)16-25)28-14-10-24(18-33-28)19-36-21-34;2-1-3/h13-21,31,35H,9-12,22H2,1-8H3;10-18,21,30,35H,8-9,19-20H2,1-7H3;. The molecule has 10 heteroatoms. The largest absolute Gasteiger partial charge is 0.491 e. The Hall–Kier alpha value is -6.45. The molecule has 2 aromatic heterocycles. The van der Waals surface area contributed by atoms with Gasteiger partial charge in [-0.3, -0.25) is 14.8 Å². The fraction of sp³-hybridized carbons (Fsp3) is 0.455. The monoisotopic (exact) mass is 1030 g/mol. The van der Waals surface area contributed by atoms with Crippen LogP contribution in [0.5, 0.6) is 11.5 Å². The number of pyridine rings is 2. The number of nitrogens with zero attached hydrogens (tertiary/aromatic N) is 2. The summed E-state index contributed by atoms with van der Waals surface area (Å²) in [5.41, 5.74) is 15.5. The lowest BCUT2D eigenvalue weighted by molar-refractivity contribution is -0.191. The molecule has 0 spiro atoms. The summed E-state index contributed by atoms with van der Waals surface area (Å²) in [6.45, 7) is 33.1. The van der Waals surface area contributed by atoms with Gasteiger partial charge in [0.15, 0.2) is 0 Å². The van der Waals surface area contributed by atoms with E-state index in [2.05, 4.69) is 146 Å². The van der Waals surface area contributed by atoms with E-state index in [1.807, 2.05) is 65.9 Å². The summed E-state index contributed by atoms with van der Waals surface area (Å²) in [4.78, 5) is 36.0. The minimum Gasteiger partial charge on any atom is -0.491 e. The maximum absolute atomic E-state index is 10.4. The van der Waals surface area contributed by atoms with Gasteiger partial charge in [-0.25, -0.2) is 0 Å². The molecular weight excluding hydrogens is 949 g/mol. The van der Waals surface area contributed by atoms with E-state index in [-0.39, 0.29) is 41.0 Å². The molecule has 0 aliphatic rings. The molecule has 2 atom stereocenters. The van der Waals surface area contributed by atoms with Gasteiger partial charge in [0, 0.05) is 39.9 Å². The average Bonchev–Trinajstić information content (AvgIpc) is 3.39. The van der Waals surface area contributed by atoms with Crippen molar-refractivity contribution in [2.24, 2.45) is 10.8 Å². The first kappa shape index (κ1) is 62.1. The lowest BCUT2D eigenvalue weighted by Crippen LogP contribution is -2.32. The normalized spacial score (nSPS) is 12.5. The summed E-state index contributed by atoms with van der Waals surface area (Å²) in [6.07, 6.45) is 9.13. The van der Waals surface area contributed by atoms with Crippen molar-refractivity contribution in [1.29, 1.82) is 0 Å². The second kappa shape index (κ2) is 28.1. The predicted molar refractivity (Wildman–Crippen MR) is 306 cm³/mol. The minimum absolute atomic E-state index is 0.0735. The zero-order valence-electron chi connectivity index (χ0n) is 48.2. The van der Waals surface area contributed by atoms with Crippen LogP contribution in [-0.4, -0.2) is 58.2 Å². The molecule has 0 aliphatic heterocycles. The number of aromatic nitrogens is 2. The third-order valence-corrected chi connectivity index (χ3v) is 15.3. The second-order valence-electron chi connectivity index (χ2n) is 22.3. The van der Waals surface area contributed by atoms with Crippen molar-refractivity contribution < 1.29 is 38.8 Å². The Balaban J connectivity index is 0.000000312. The van der Waals surface area contributed by atoms with Gasteiger partial charge in [-0.15, -0.1) is 0 Å². The molecule has 0 bridgehead atoms. The lowest BCUT2D eigenvalue weighted by atomic mass is 9.69. The molecule has 0 saturated heterocycles. The van der Waals surface area contributed by atoms with Crippen LogP contribution in [-0.2, 0) is 43.0 Å². The highest BCUT2D eigenvalue weighted by molar-refractivity contribution is 5.66. The van der Waals surface area contributed by atoms with E-state index in [0.29, 0.717) is 13.1 Å². The van der Waals surface area contributed by atoms with Crippen LogP contribution in [0.15, 0.2) is 109 Å². The Morgan fingerprint density at radius 1 is 0.526 bits per heavy atom. The number of hydrogen-bond donors (Lipinski definition) is 2. The van der Waals surface area contributed by atoms with Crippen LogP contribution in [0.3, 0.4) is 0 Å². The fourth-order valence-electron chi connectivity index (χ4n) is 9.84. The third-order valence-electron chi connectivity index (χ3n) is 15.3. The summed E-state index contributed by atoms with van der Waals surface area (Å²) < 4.78 is 16.8. The Morgan fingerprint density at radius 2 is 0.882 bits per heavy atom. The lowest BCUT2D eigenvalue weighted by Gasteiger charge is -2.34. The van der Waals surface area contributed by atoms with E-state index in [9.17, 15) is 15.0 Å². The summed E-state index contributed by atoms with van der Waals surface area (Å²) in [7, 11) is 0. The van der Waals surface area contributed by atoms with Gasteiger partial charge in [-0.2, -0.15) is 9.59 Å². The molecule has 10 nitrogen and oxygen atoms in total.